The fourth-order valence-corrected chi connectivity index (χ4v) is 2.98. The predicted octanol–water partition coefficient (Wildman–Crippen LogP) is 2.27. The lowest BCUT2D eigenvalue weighted by molar-refractivity contribution is -0.01000. The monoisotopic (exact) mass is 211 g/mol. The van der Waals surface area contributed by atoms with Gasteiger partial charge in [0.2, 0.25) is 0 Å². The molecule has 0 bridgehead atoms. The molecule has 1 N–H and O–H groups in total. The smallest absolute Gasteiger partial charge is 0.0804 e. The first-order valence-electron chi connectivity index (χ1n) is 6.48. The number of nitrogens with zero attached hydrogens (tertiary/aromatic N) is 1. The first kappa shape index (κ1) is 11.4. The first-order chi connectivity index (χ1) is 7.01. The second kappa shape index (κ2) is 4.06. The highest BCUT2D eigenvalue weighted by atomic mass is 16.3. The zero-order valence-electron chi connectivity index (χ0n) is 10.4. The molecule has 2 fully saturated rings. The van der Waals surface area contributed by atoms with Crippen LogP contribution >= 0.6 is 0 Å². The van der Waals surface area contributed by atoms with Crippen molar-refractivity contribution in [2.75, 3.05) is 13.1 Å². The second-order valence-electron chi connectivity index (χ2n) is 6.15. The number of aliphatic hydroxyl groups is 1. The van der Waals surface area contributed by atoms with Crippen LogP contribution in [0.3, 0.4) is 0 Å². The molecule has 2 atom stereocenters. The van der Waals surface area contributed by atoms with Gasteiger partial charge in [-0.1, -0.05) is 20.8 Å². The number of likely N-dealkylation sites (tertiary alicyclic amines) is 1. The molecule has 1 heterocycles. The summed E-state index contributed by atoms with van der Waals surface area (Å²) in [5.41, 5.74) is -0.310. The number of piperidine rings is 1. The minimum absolute atomic E-state index is 0.310. The summed E-state index contributed by atoms with van der Waals surface area (Å²) < 4.78 is 0. The van der Waals surface area contributed by atoms with Gasteiger partial charge < -0.3 is 5.11 Å². The molecule has 0 amide bonds. The third-order valence-corrected chi connectivity index (χ3v) is 3.90. The van der Waals surface area contributed by atoms with E-state index >= 15 is 0 Å². The van der Waals surface area contributed by atoms with Gasteiger partial charge in [0.1, 0.15) is 0 Å². The van der Waals surface area contributed by atoms with Crippen LogP contribution in [0.2, 0.25) is 0 Å². The van der Waals surface area contributed by atoms with Gasteiger partial charge in [0, 0.05) is 19.1 Å². The number of rotatable bonds is 3. The predicted molar refractivity (Wildman–Crippen MR) is 62.8 cm³/mol. The van der Waals surface area contributed by atoms with E-state index in [4.69, 9.17) is 0 Å². The van der Waals surface area contributed by atoms with Crippen molar-refractivity contribution in [3.8, 4) is 0 Å². The summed E-state index contributed by atoms with van der Waals surface area (Å²) in [6, 6.07) is 0.455. The number of hydrogen-bond donors (Lipinski definition) is 1. The summed E-state index contributed by atoms with van der Waals surface area (Å²) in [5.74, 6) is 1.52. The largest absolute Gasteiger partial charge is 0.388 e. The van der Waals surface area contributed by atoms with Crippen molar-refractivity contribution in [2.24, 2.45) is 11.8 Å². The van der Waals surface area contributed by atoms with Crippen molar-refractivity contribution in [3.63, 3.8) is 0 Å². The standard InChI is InChI=1S/C13H25NO/c1-10(2)8-14-9-11(3)4-5-12(14)13(15)6-7-13/h10-12,15H,4-9H2,1-3H3/t11-,12-/m0/s1. The molecule has 1 aliphatic heterocycles. The molecule has 0 spiro atoms. The van der Waals surface area contributed by atoms with Gasteiger partial charge in [-0.05, 0) is 37.5 Å². The van der Waals surface area contributed by atoms with Crippen LogP contribution < -0.4 is 0 Å². The maximum atomic E-state index is 10.3. The van der Waals surface area contributed by atoms with E-state index in [1.54, 1.807) is 0 Å². The summed E-state index contributed by atoms with van der Waals surface area (Å²) in [6.45, 7) is 9.21. The van der Waals surface area contributed by atoms with Gasteiger partial charge in [-0.15, -0.1) is 0 Å². The van der Waals surface area contributed by atoms with Gasteiger partial charge in [-0.3, -0.25) is 4.90 Å². The van der Waals surface area contributed by atoms with Crippen LogP contribution in [0.4, 0.5) is 0 Å². The lowest BCUT2D eigenvalue weighted by Gasteiger charge is -2.42. The Morgan fingerprint density at radius 3 is 2.53 bits per heavy atom. The van der Waals surface area contributed by atoms with E-state index in [-0.39, 0.29) is 5.60 Å². The van der Waals surface area contributed by atoms with Crippen molar-refractivity contribution >= 4 is 0 Å². The molecule has 15 heavy (non-hydrogen) atoms. The molecule has 0 aromatic rings. The van der Waals surface area contributed by atoms with Crippen molar-refractivity contribution in [2.45, 2.75) is 58.1 Å². The Morgan fingerprint density at radius 1 is 1.33 bits per heavy atom. The third-order valence-electron chi connectivity index (χ3n) is 3.90. The Morgan fingerprint density at radius 2 is 2.00 bits per heavy atom. The molecule has 0 unspecified atom stereocenters. The molecule has 0 aromatic carbocycles. The Hall–Kier alpha value is -0.0800. The Labute approximate surface area is 93.7 Å². The van der Waals surface area contributed by atoms with E-state index in [1.807, 2.05) is 0 Å². The molecule has 2 aliphatic rings. The summed E-state index contributed by atoms with van der Waals surface area (Å²) in [5, 5.41) is 10.3. The highest BCUT2D eigenvalue weighted by Gasteiger charge is 2.50. The summed E-state index contributed by atoms with van der Waals surface area (Å²) >= 11 is 0. The SMILES string of the molecule is CC(C)CN1C[C@@H](C)CC[C@H]1C1(O)CC1. The highest BCUT2D eigenvalue weighted by Crippen LogP contribution is 2.44. The average molecular weight is 211 g/mol. The minimum Gasteiger partial charge on any atom is -0.388 e. The first-order valence-corrected chi connectivity index (χ1v) is 6.48. The van der Waals surface area contributed by atoms with E-state index < -0.39 is 0 Å². The van der Waals surface area contributed by atoms with Crippen LogP contribution in [-0.4, -0.2) is 34.7 Å². The molecule has 88 valence electrons. The minimum atomic E-state index is -0.310. The fraction of sp³-hybridized carbons (Fsp3) is 1.00. The molecule has 2 nitrogen and oxygen atoms in total. The molecule has 1 saturated heterocycles. The molecular formula is C13H25NO. The van der Waals surface area contributed by atoms with Gasteiger partial charge in [0.25, 0.3) is 0 Å². The van der Waals surface area contributed by atoms with E-state index in [0.717, 1.165) is 25.3 Å². The molecule has 1 saturated carbocycles. The van der Waals surface area contributed by atoms with Gasteiger partial charge in [0.15, 0.2) is 0 Å². The zero-order valence-corrected chi connectivity index (χ0v) is 10.4. The van der Waals surface area contributed by atoms with Gasteiger partial charge >= 0.3 is 0 Å². The van der Waals surface area contributed by atoms with Crippen LogP contribution in [0.5, 0.6) is 0 Å². The third kappa shape index (κ3) is 2.54. The van der Waals surface area contributed by atoms with Crippen LogP contribution in [0.25, 0.3) is 0 Å². The van der Waals surface area contributed by atoms with E-state index in [1.165, 1.54) is 19.4 Å². The maximum Gasteiger partial charge on any atom is 0.0804 e. The summed E-state index contributed by atoms with van der Waals surface area (Å²) in [6.07, 6.45) is 4.55. The topological polar surface area (TPSA) is 23.5 Å². The van der Waals surface area contributed by atoms with Crippen molar-refractivity contribution in [1.29, 1.82) is 0 Å². The summed E-state index contributed by atoms with van der Waals surface area (Å²) in [7, 11) is 0. The van der Waals surface area contributed by atoms with Crippen molar-refractivity contribution in [3.05, 3.63) is 0 Å². The Bertz CT molecular complexity index is 221. The molecule has 1 aliphatic carbocycles. The Kier molecular flexibility index (Phi) is 3.09. The molecule has 0 radical (unpaired) electrons. The average Bonchev–Trinajstić information content (AvgIpc) is 2.83. The van der Waals surface area contributed by atoms with Gasteiger partial charge in [-0.2, -0.15) is 0 Å². The van der Waals surface area contributed by atoms with Gasteiger partial charge in [-0.25, -0.2) is 0 Å². The van der Waals surface area contributed by atoms with E-state index in [0.29, 0.717) is 12.0 Å². The van der Waals surface area contributed by atoms with Crippen LogP contribution in [-0.2, 0) is 0 Å². The lowest BCUT2D eigenvalue weighted by atomic mass is 9.89. The molecule has 0 aromatic heterocycles. The summed E-state index contributed by atoms with van der Waals surface area (Å²) in [4.78, 5) is 2.55. The zero-order chi connectivity index (χ0) is 11.1. The molecule has 2 heteroatoms. The van der Waals surface area contributed by atoms with Crippen molar-refractivity contribution < 1.29 is 5.11 Å². The lowest BCUT2D eigenvalue weighted by Crippen LogP contribution is -2.51. The van der Waals surface area contributed by atoms with Crippen LogP contribution in [0.1, 0.15) is 46.5 Å². The van der Waals surface area contributed by atoms with E-state index in [9.17, 15) is 5.11 Å². The van der Waals surface area contributed by atoms with Crippen LogP contribution in [0.15, 0.2) is 0 Å². The second-order valence-corrected chi connectivity index (χ2v) is 6.15. The Balaban J connectivity index is 2.00. The number of hydrogen-bond acceptors (Lipinski definition) is 2. The quantitative estimate of drug-likeness (QED) is 0.774. The molecule has 2 rings (SSSR count). The van der Waals surface area contributed by atoms with Gasteiger partial charge in [0.05, 0.1) is 5.60 Å². The maximum absolute atomic E-state index is 10.3. The molecular weight excluding hydrogens is 186 g/mol. The van der Waals surface area contributed by atoms with E-state index in [2.05, 4.69) is 25.7 Å². The van der Waals surface area contributed by atoms with Crippen molar-refractivity contribution in [1.82, 2.24) is 4.90 Å². The normalized spacial score (nSPS) is 35.8. The highest BCUT2D eigenvalue weighted by molar-refractivity contribution is 5.05. The van der Waals surface area contributed by atoms with Crippen LogP contribution in [0, 0.1) is 11.8 Å². The fourth-order valence-electron chi connectivity index (χ4n) is 2.98.